The van der Waals surface area contributed by atoms with Crippen LogP contribution in [-0.2, 0) is 9.53 Å². The smallest absolute Gasteiger partial charge is 0.306 e. The predicted molar refractivity (Wildman–Crippen MR) is 113 cm³/mol. The first-order valence-electron chi connectivity index (χ1n) is 12.4. The minimum absolute atomic E-state index is 0.0329. The molecule has 0 heterocycles. The lowest BCUT2D eigenvalue weighted by Gasteiger charge is -2.41. The molecule has 0 unspecified atom stereocenters. The maximum Gasteiger partial charge on any atom is 0.306 e. The molecule has 156 valence electrons. The fraction of sp³-hybridized carbons (Fsp3) is 0.960. The second-order valence-corrected chi connectivity index (χ2v) is 10.0. The zero-order chi connectivity index (χ0) is 19.1. The second kappa shape index (κ2) is 10.9. The molecule has 3 aliphatic carbocycles. The molecule has 3 rings (SSSR count). The fourth-order valence-corrected chi connectivity index (χ4v) is 6.61. The Kier molecular flexibility index (Phi) is 8.52. The van der Waals surface area contributed by atoms with Crippen LogP contribution in [0, 0.1) is 29.6 Å². The SMILES string of the molecule is CCCC(=O)O[C@@H]1CCC[C@H](C2CCC(C3CCC(CCC)CC3)CC2)C1. The van der Waals surface area contributed by atoms with Gasteiger partial charge in [0.1, 0.15) is 6.10 Å². The first kappa shape index (κ1) is 21.2. The summed E-state index contributed by atoms with van der Waals surface area (Å²) in [5.74, 6) is 4.85. The summed E-state index contributed by atoms with van der Waals surface area (Å²) in [7, 11) is 0. The highest BCUT2D eigenvalue weighted by atomic mass is 16.5. The van der Waals surface area contributed by atoms with Gasteiger partial charge >= 0.3 is 5.97 Å². The van der Waals surface area contributed by atoms with E-state index in [1.54, 1.807) is 0 Å². The third-order valence-electron chi connectivity index (χ3n) is 8.16. The molecule has 0 aromatic rings. The average molecular weight is 377 g/mol. The summed E-state index contributed by atoms with van der Waals surface area (Å²) in [6.45, 7) is 4.40. The molecule has 2 atom stereocenters. The third-order valence-corrected chi connectivity index (χ3v) is 8.16. The zero-order valence-corrected chi connectivity index (χ0v) is 18.1. The normalized spacial score (nSPS) is 37.7. The molecule has 27 heavy (non-hydrogen) atoms. The Bertz CT molecular complexity index is 430. The van der Waals surface area contributed by atoms with Gasteiger partial charge in [0, 0.05) is 6.42 Å². The molecule has 2 nitrogen and oxygen atoms in total. The van der Waals surface area contributed by atoms with E-state index in [9.17, 15) is 4.79 Å². The van der Waals surface area contributed by atoms with Gasteiger partial charge in [0.25, 0.3) is 0 Å². The highest BCUT2D eigenvalue weighted by molar-refractivity contribution is 5.69. The summed E-state index contributed by atoms with van der Waals surface area (Å²) in [6, 6.07) is 0. The first-order chi connectivity index (χ1) is 13.2. The van der Waals surface area contributed by atoms with Crippen molar-refractivity contribution in [2.24, 2.45) is 29.6 Å². The lowest BCUT2D eigenvalue weighted by atomic mass is 9.65. The monoisotopic (exact) mass is 376 g/mol. The van der Waals surface area contributed by atoms with Gasteiger partial charge in [-0.3, -0.25) is 4.79 Å². The molecule has 0 aliphatic heterocycles. The van der Waals surface area contributed by atoms with Crippen LogP contribution in [0.15, 0.2) is 0 Å². The van der Waals surface area contributed by atoms with Gasteiger partial charge in [0.05, 0.1) is 0 Å². The first-order valence-corrected chi connectivity index (χ1v) is 12.4. The predicted octanol–water partition coefficient (Wildman–Crippen LogP) is 7.30. The molecule has 0 aromatic heterocycles. The Morgan fingerprint density at radius 3 is 1.93 bits per heavy atom. The molecule has 3 saturated carbocycles. The molecule has 0 saturated heterocycles. The van der Waals surface area contributed by atoms with E-state index >= 15 is 0 Å². The van der Waals surface area contributed by atoms with Crippen LogP contribution in [0.2, 0.25) is 0 Å². The Hall–Kier alpha value is -0.530. The number of carbonyl (C=O) groups is 1. The molecule has 2 heteroatoms. The Balaban J connectivity index is 1.39. The molecular formula is C25H44O2. The number of hydrogen-bond donors (Lipinski definition) is 0. The van der Waals surface area contributed by atoms with E-state index in [-0.39, 0.29) is 12.1 Å². The summed E-state index contributed by atoms with van der Waals surface area (Å²) in [5, 5.41) is 0. The molecule has 0 bridgehead atoms. The molecule has 0 N–H and O–H groups in total. The van der Waals surface area contributed by atoms with Crippen LogP contribution in [0.5, 0.6) is 0 Å². The van der Waals surface area contributed by atoms with Crippen LogP contribution in [-0.4, -0.2) is 12.1 Å². The quantitative estimate of drug-likeness (QED) is 0.436. The van der Waals surface area contributed by atoms with E-state index in [1.165, 1.54) is 77.0 Å². The van der Waals surface area contributed by atoms with Crippen LogP contribution in [0.4, 0.5) is 0 Å². The van der Waals surface area contributed by atoms with Crippen LogP contribution in [0.25, 0.3) is 0 Å². The number of rotatable bonds is 7. The lowest BCUT2D eigenvalue weighted by molar-refractivity contribution is -0.151. The average Bonchev–Trinajstić information content (AvgIpc) is 2.69. The second-order valence-electron chi connectivity index (χ2n) is 10.0. The van der Waals surface area contributed by atoms with Crippen molar-refractivity contribution >= 4 is 5.97 Å². The van der Waals surface area contributed by atoms with Crippen molar-refractivity contribution in [3.05, 3.63) is 0 Å². The summed E-state index contributed by atoms with van der Waals surface area (Å²) < 4.78 is 5.76. The minimum atomic E-state index is 0.0329. The van der Waals surface area contributed by atoms with Crippen molar-refractivity contribution in [3.8, 4) is 0 Å². The van der Waals surface area contributed by atoms with Crippen molar-refractivity contribution in [3.63, 3.8) is 0 Å². The van der Waals surface area contributed by atoms with E-state index < -0.39 is 0 Å². The summed E-state index contributed by atoms with van der Waals surface area (Å²) in [4.78, 5) is 11.9. The maximum absolute atomic E-state index is 11.9. The van der Waals surface area contributed by atoms with Crippen molar-refractivity contribution in [2.45, 2.75) is 123 Å². The Labute approximate surface area is 168 Å². The van der Waals surface area contributed by atoms with Crippen molar-refractivity contribution in [1.82, 2.24) is 0 Å². The molecule has 3 aliphatic rings. The van der Waals surface area contributed by atoms with Crippen LogP contribution < -0.4 is 0 Å². The van der Waals surface area contributed by atoms with Crippen molar-refractivity contribution < 1.29 is 9.53 Å². The van der Waals surface area contributed by atoms with E-state index in [2.05, 4.69) is 13.8 Å². The van der Waals surface area contributed by atoms with Crippen molar-refractivity contribution in [2.75, 3.05) is 0 Å². The Morgan fingerprint density at radius 2 is 1.33 bits per heavy atom. The van der Waals surface area contributed by atoms with Crippen LogP contribution in [0.3, 0.4) is 0 Å². The summed E-state index contributed by atoms with van der Waals surface area (Å²) >= 11 is 0. The molecule has 0 radical (unpaired) electrons. The maximum atomic E-state index is 11.9. The van der Waals surface area contributed by atoms with Gasteiger partial charge in [-0.2, -0.15) is 0 Å². The van der Waals surface area contributed by atoms with Crippen molar-refractivity contribution in [1.29, 1.82) is 0 Å². The molecule has 3 fully saturated rings. The van der Waals surface area contributed by atoms with E-state index in [4.69, 9.17) is 4.74 Å². The summed E-state index contributed by atoms with van der Waals surface area (Å²) in [5.41, 5.74) is 0. The molecule has 0 amide bonds. The largest absolute Gasteiger partial charge is 0.462 e. The van der Waals surface area contributed by atoms with Gasteiger partial charge in [-0.05, 0) is 100 Å². The fourth-order valence-electron chi connectivity index (χ4n) is 6.61. The van der Waals surface area contributed by atoms with E-state index in [0.29, 0.717) is 6.42 Å². The van der Waals surface area contributed by atoms with Gasteiger partial charge < -0.3 is 4.74 Å². The van der Waals surface area contributed by atoms with E-state index in [0.717, 1.165) is 48.9 Å². The standard InChI is InChI=1S/C25H44O2/c1-3-6-19-10-12-20(13-11-19)21-14-16-22(17-15-21)23-8-5-9-24(18-23)27-25(26)7-4-2/h19-24H,3-18H2,1-2H3/t19?,20?,21?,22?,23-,24+/m0/s1. The van der Waals surface area contributed by atoms with E-state index in [1.807, 2.05) is 0 Å². The van der Waals surface area contributed by atoms with Crippen LogP contribution in [0.1, 0.15) is 117 Å². The van der Waals surface area contributed by atoms with Gasteiger partial charge in [-0.1, -0.05) is 39.5 Å². The molecular weight excluding hydrogens is 332 g/mol. The van der Waals surface area contributed by atoms with Gasteiger partial charge in [-0.25, -0.2) is 0 Å². The van der Waals surface area contributed by atoms with Crippen LogP contribution >= 0.6 is 0 Å². The topological polar surface area (TPSA) is 26.3 Å². The number of esters is 1. The van der Waals surface area contributed by atoms with Gasteiger partial charge in [0.2, 0.25) is 0 Å². The highest BCUT2D eigenvalue weighted by Gasteiger charge is 2.35. The lowest BCUT2D eigenvalue weighted by Crippen LogP contribution is -2.32. The Morgan fingerprint density at radius 1 is 0.741 bits per heavy atom. The number of carbonyl (C=O) groups excluding carboxylic acids is 1. The third kappa shape index (κ3) is 6.23. The van der Waals surface area contributed by atoms with Gasteiger partial charge in [0.15, 0.2) is 0 Å². The number of hydrogen-bond acceptors (Lipinski definition) is 2. The van der Waals surface area contributed by atoms with Gasteiger partial charge in [-0.15, -0.1) is 0 Å². The number of ether oxygens (including phenoxy) is 1. The summed E-state index contributed by atoms with van der Waals surface area (Å²) in [6.07, 6.45) is 21.3. The minimum Gasteiger partial charge on any atom is -0.462 e. The highest BCUT2D eigenvalue weighted by Crippen LogP contribution is 2.46. The zero-order valence-electron chi connectivity index (χ0n) is 18.1. The molecule has 0 aromatic carbocycles. The molecule has 0 spiro atoms.